The highest BCUT2D eigenvalue weighted by atomic mass is 16.5. The summed E-state index contributed by atoms with van der Waals surface area (Å²) in [6.07, 6.45) is 0.862. The van der Waals surface area contributed by atoms with E-state index in [4.69, 9.17) is 9.47 Å². The molecule has 1 fully saturated rings. The van der Waals surface area contributed by atoms with Gasteiger partial charge in [-0.2, -0.15) is 0 Å². The van der Waals surface area contributed by atoms with Crippen molar-refractivity contribution in [3.05, 3.63) is 29.8 Å². The molecule has 1 N–H and O–H groups in total. The fourth-order valence-corrected chi connectivity index (χ4v) is 2.91. The summed E-state index contributed by atoms with van der Waals surface area (Å²) >= 11 is 0. The second kappa shape index (κ2) is 7.78. The molecule has 1 heterocycles. The van der Waals surface area contributed by atoms with Crippen LogP contribution in [-0.4, -0.2) is 55.6 Å². The highest BCUT2D eigenvalue weighted by molar-refractivity contribution is 5.37. The molecule has 4 heteroatoms. The van der Waals surface area contributed by atoms with E-state index in [1.807, 2.05) is 26.0 Å². The van der Waals surface area contributed by atoms with Gasteiger partial charge in [0.25, 0.3) is 0 Å². The van der Waals surface area contributed by atoms with Crippen molar-refractivity contribution in [1.82, 2.24) is 4.90 Å². The molecule has 21 heavy (non-hydrogen) atoms. The second-order valence-electron chi connectivity index (χ2n) is 6.02. The van der Waals surface area contributed by atoms with Crippen LogP contribution in [0.3, 0.4) is 0 Å². The van der Waals surface area contributed by atoms with Crippen molar-refractivity contribution < 1.29 is 14.6 Å². The normalized spacial score (nSPS) is 20.9. The summed E-state index contributed by atoms with van der Waals surface area (Å²) < 4.78 is 10.9. The molecule has 1 aromatic rings. The summed E-state index contributed by atoms with van der Waals surface area (Å²) in [5.74, 6) is 1.45. The quantitative estimate of drug-likeness (QED) is 0.837. The third-order valence-corrected chi connectivity index (χ3v) is 3.94. The molecule has 1 saturated heterocycles. The Morgan fingerprint density at radius 2 is 2.10 bits per heavy atom. The Morgan fingerprint density at radius 3 is 2.81 bits per heavy atom. The van der Waals surface area contributed by atoms with E-state index in [0.29, 0.717) is 19.1 Å². The summed E-state index contributed by atoms with van der Waals surface area (Å²) in [7, 11) is 1.72. The number of aliphatic hydroxyl groups excluding tert-OH is 1. The van der Waals surface area contributed by atoms with E-state index >= 15 is 0 Å². The van der Waals surface area contributed by atoms with Crippen LogP contribution in [0, 0.1) is 0 Å². The maximum atomic E-state index is 10.0. The van der Waals surface area contributed by atoms with E-state index in [9.17, 15) is 5.11 Å². The number of benzene rings is 1. The Balaban J connectivity index is 1.86. The van der Waals surface area contributed by atoms with Crippen LogP contribution < -0.4 is 4.74 Å². The van der Waals surface area contributed by atoms with Gasteiger partial charge in [0.1, 0.15) is 5.75 Å². The largest absolute Gasteiger partial charge is 0.496 e. The maximum Gasteiger partial charge on any atom is 0.122 e. The monoisotopic (exact) mass is 293 g/mol. The lowest BCUT2D eigenvalue weighted by Gasteiger charge is -2.21. The molecule has 0 spiro atoms. The van der Waals surface area contributed by atoms with Crippen LogP contribution in [0.1, 0.15) is 31.7 Å². The fraction of sp³-hybridized carbons (Fsp3) is 0.647. The minimum Gasteiger partial charge on any atom is -0.496 e. The summed E-state index contributed by atoms with van der Waals surface area (Å²) in [5.41, 5.74) is 1.27. The molecular formula is C17H27NO3. The number of ether oxygens (including phenoxy) is 2. The third-order valence-electron chi connectivity index (χ3n) is 3.94. The molecule has 1 aromatic carbocycles. The van der Waals surface area contributed by atoms with Gasteiger partial charge in [0, 0.05) is 19.0 Å². The molecule has 0 saturated carbocycles. The molecule has 2 atom stereocenters. The molecule has 0 amide bonds. The molecule has 0 aromatic heterocycles. The molecule has 1 aliphatic rings. The number of hydrogen-bond acceptors (Lipinski definition) is 4. The average molecular weight is 293 g/mol. The number of likely N-dealkylation sites (tertiary alicyclic amines) is 1. The van der Waals surface area contributed by atoms with Crippen LogP contribution >= 0.6 is 0 Å². The lowest BCUT2D eigenvalue weighted by atomic mass is 9.97. The van der Waals surface area contributed by atoms with Gasteiger partial charge >= 0.3 is 0 Å². The second-order valence-corrected chi connectivity index (χ2v) is 6.02. The van der Waals surface area contributed by atoms with Crippen molar-refractivity contribution >= 4 is 0 Å². The van der Waals surface area contributed by atoms with Crippen LogP contribution in [0.5, 0.6) is 5.75 Å². The molecule has 118 valence electrons. The highest BCUT2D eigenvalue weighted by Crippen LogP contribution is 2.33. The van der Waals surface area contributed by atoms with Gasteiger partial charge in [-0.15, -0.1) is 0 Å². The van der Waals surface area contributed by atoms with Crippen molar-refractivity contribution in [3.8, 4) is 5.75 Å². The predicted octanol–water partition coefficient (Wildman–Crippen LogP) is 2.27. The summed E-state index contributed by atoms with van der Waals surface area (Å²) in [5, 5.41) is 10.0. The van der Waals surface area contributed by atoms with E-state index in [0.717, 1.165) is 25.3 Å². The third kappa shape index (κ3) is 4.70. The van der Waals surface area contributed by atoms with Gasteiger partial charge in [0.05, 0.1) is 25.9 Å². The molecule has 4 nitrogen and oxygen atoms in total. The number of hydrogen-bond donors (Lipinski definition) is 1. The van der Waals surface area contributed by atoms with Crippen molar-refractivity contribution in [2.45, 2.75) is 38.4 Å². The Morgan fingerprint density at radius 1 is 1.33 bits per heavy atom. The Bertz CT molecular complexity index is 436. The Hall–Kier alpha value is -1.10. The minimum atomic E-state index is -0.413. The van der Waals surface area contributed by atoms with Gasteiger partial charge in [0.2, 0.25) is 0 Å². The smallest absolute Gasteiger partial charge is 0.122 e. The summed E-state index contributed by atoms with van der Waals surface area (Å²) in [6, 6.07) is 8.22. The first kappa shape index (κ1) is 16.3. The Kier molecular flexibility index (Phi) is 6.03. The number of methoxy groups -OCH3 is 1. The van der Waals surface area contributed by atoms with Crippen molar-refractivity contribution in [2.24, 2.45) is 0 Å². The van der Waals surface area contributed by atoms with Gasteiger partial charge in [-0.1, -0.05) is 18.2 Å². The minimum absolute atomic E-state index is 0.166. The molecule has 0 bridgehead atoms. The maximum absolute atomic E-state index is 10.0. The van der Waals surface area contributed by atoms with Crippen LogP contribution in [0.25, 0.3) is 0 Å². The van der Waals surface area contributed by atoms with Crippen LogP contribution in [0.4, 0.5) is 0 Å². The van der Waals surface area contributed by atoms with Gasteiger partial charge in [-0.3, -0.25) is 0 Å². The molecular weight excluding hydrogens is 266 g/mol. The van der Waals surface area contributed by atoms with Crippen LogP contribution in [0.2, 0.25) is 0 Å². The van der Waals surface area contributed by atoms with Crippen LogP contribution in [0.15, 0.2) is 24.3 Å². The van der Waals surface area contributed by atoms with Crippen LogP contribution in [-0.2, 0) is 4.74 Å². The van der Waals surface area contributed by atoms with Gasteiger partial charge in [-0.25, -0.2) is 0 Å². The standard InChI is InChI=1S/C17H27NO3/c1-13(2)21-12-15(19)11-18-9-8-14(10-18)16-6-4-5-7-17(16)20-3/h4-7,13-15,19H,8-12H2,1-3H3. The lowest BCUT2D eigenvalue weighted by molar-refractivity contribution is -0.00594. The van der Waals surface area contributed by atoms with E-state index in [1.165, 1.54) is 5.56 Å². The lowest BCUT2D eigenvalue weighted by Crippen LogP contribution is -2.34. The first-order valence-electron chi connectivity index (χ1n) is 7.75. The van der Waals surface area contributed by atoms with E-state index < -0.39 is 6.10 Å². The number of nitrogens with zero attached hydrogens (tertiary/aromatic N) is 1. The first-order valence-corrected chi connectivity index (χ1v) is 7.75. The SMILES string of the molecule is COc1ccccc1C1CCN(CC(O)COC(C)C)C1. The molecule has 2 unspecified atom stereocenters. The highest BCUT2D eigenvalue weighted by Gasteiger charge is 2.27. The van der Waals surface area contributed by atoms with Gasteiger partial charge in [0.15, 0.2) is 0 Å². The topological polar surface area (TPSA) is 41.9 Å². The number of para-hydroxylation sites is 1. The average Bonchev–Trinajstić information content (AvgIpc) is 2.93. The van der Waals surface area contributed by atoms with Crippen molar-refractivity contribution in [1.29, 1.82) is 0 Å². The van der Waals surface area contributed by atoms with Gasteiger partial charge < -0.3 is 19.5 Å². The summed E-state index contributed by atoms with van der Waals surface area (Å²) in [4.78, 5) is 2.31. The van der Waals surface area contributed by atoms with E-state index in [-0.39, 0.29) is 6.10 Å². The zero-order valence-electron chi connectivity index (χ0n) is 13.3. The number of rotatable bonds is 7. The Labute approximate surface area is 127 Å². The van der Waals surface area contributed by atoms with Gasteiger partial charge in [-0.05, 0) is 38.4 Å². The molecule has 2 rings (SSSR count). The summed E-state index contributed by atoms with van der Waals surface area (Å²) in [6.45, 7) is 7.05. The fourth-order valence-electron chi connectivity index (χ4n) is 2.91. The van der Waals surface area contributed by atoms with Crippen molar-refractivity contribution in [2.75, 3.05) is 33.4 Å². The van der Waals surface area contributed by atoms with E-state index in [2.05, 4.69) is 17.0 Å². The molecule has 0 radical (unpaired) electrons. The molecule has 0 aliphatic carbocycles. The number of aliphatic hydroxyl groups is 1. The zero-order chi connectivity index (χ0) is 15.2. The van der Waals surface area contributed by atoms with Crippen molar-refractivity contribution in [3.63, 3.8) is 0 Å². The predicted molar refractivity (Wildman–Crippen MR) is 83.9 cm³/mol. The number of β-amino-alcohol motifs (C(OH)–C–C–N with tert-alkyl or cyclic N) is 1. The first-order chi connectivity index (χ1) is 10.1. The molecule has 1 aliphatic heterocycles. The van der Waals surface area contributed by atoms with E-state index in [1.54, 1.807) is 7.11 Å². The zero-order valence-corrected chi connectivity index (χ0v) is 13.3.